The first kappa shape index (κ1) is 7.52. The zero-order valence-electron chi connectivity index (χ0n) is 5.34. The van der Waals surface area contributed by atoms with Crippen molar-refractivity contribution >= 4 is 22.9 Å². The van der Waals surface area contributed by atoms with Crippen LogP contribution in [0.3, 0.4) is 0 Å². The summed E-state index contributed by atoms with van der Waals surface area (Å²) in [5.41, 5.74) is 0. The average molecular weight is 173 g/mol. The summed E-state index contributed by atoms with van der Waals surface area (Å²) in [4.78, 5) is 4.74. The smallest absolute Gasteiger partial charge is 0.183 e. The molecule has 4 heteroatoms. The molecule has 1 unspecified atom stereocenters. The molecule has 1 atom stereocenters. The largest absolute Gasteiger partial charge is 0.233 e. The van der Waals surface area contributed by atoms with E-state index < -0.39 is 0 Å². The van der Waals surface area contributed by atoms with Crippen LogP contribution in [0.5, 0.6) is 0 Å². The van der Waals surface area contributed by atoms with E-state index in [9.17, 15) is 0 Å². The number of rotatable bonds is 1. The number of hydrogen-bond acceptors (Lipinski definition) is 3. The van der Waals surface area contributed by atoms with Gasteiger partial charge in [0.05, 0.1) is 12.0 Å². The molecule has 0 amide bonds. The van der Waals surface area contributed by atoms with Crippen molar-refractivity contribution in [2.24, 2.45) is 0 Å². The van der Waals surface area contributed by atoms with E-state index in [1.807, 2.05) is 6.92 Å². The molecule has 0 aliphatic rings. The van der Waals surface area contributed by atoms with E-state index in [-0.39, 0.29) is 5.92 Å². The maximum atomic E-state index is 8.48. The standard InChI is InChI=1S/C6H5ClN2S/c1-4(2-8)5-3-9-6(7)10-5/h3-4H,1H3. The van der Waals surface area contributed by atoms with Crippen LogP contribution in [0.4, 0.5) is 0 Å². The third-order valence-corrected chi connectivity index (χ3v) is 2.41. The third kappa shape index (κ3) is 1.47. The third-order valence-electron chi connectivity index (χ3n) is 1.12. The van der Waals surface area contributed by atoms with Crippen molar-refractivity contribution in [1.29, 1.82) is 5.26 Å². The van der Waals surface area contributed by atoms with E-state index in [4.69, 9.17) is 16.9 Å². The van der Waals surface area contributed by atoms with Gasteiger partial charge in [-0.15, -0.1) is 11.3 Å². The van der Waals surface area contributed by atoms with Crippen molar-refractivity contribution in [2.75, 3.05) is 0 Å². The maximum absolute atomic E-state index is 8.48. The molecule has 0 saturated carbocycles. The number of nitrogens with zero attached hydrogens (tertiary/aromatic N) is 2. The van der Waals surface area contributed by atoms with Gasteiger partial charge in [0.15, 0.2) is 4.47 Å². The molecule has 10 heavy (non-hydrogen) atoms. The lowest BCUT2D eigenvalue weighted by atomic mass is 10.2. The van der Waals surface area contributed by atoms with E-state index in [1.54, 1.807) is 6.20 Å². The van der Waals surface area contributed by atoms with Gasteiger partial charge in [0.25, 0.3) is 0 Å². The van der Waals surface area contributed by atoms with Gasteiger partial charge < -0.3 is 0 Å². The average Bonchev–Trinajstić information content (AvgIpc) is 2.34. The van der Waals surface area contributed by atoms with Crippen molar-refractivity contribution in [3.05, 3.63) is 15.5 Å². The van der Waals surface area contributed by atoms with E-state index >= 15 is 0 Å². The lowest BCUT2D eigenvalue weighted by molar-refractivity contribution is 1.00. The van der Waals surface area contributed by atoms with Crippen LogP contribution < -0.4 is 0 Å². The Labute approximate surface area is 68.1 Å². The predicted molar refractivity (Wildman–Crippen MR) is 41.2 cm³/mol. The van der Waals surface area contributed by atoms with Gasteiger partial charge in [0.2, 0.25) is 0 Å². The summed E-state index contributed by atoms with van der Waals surface area (Å²) in [5.74, 6) is -0.0926. The Balaban J connectivity index is 2.87. The Bertz CT molecular complexity index is 263. The Hall–Kier alpha value is -0.590. The molecule has 0 N–H and O–H groups in total. The highest BCUT2D eigenvalue weighted by Gasteiger charge is 2.06. The zero-order valence-corrected chi connectivity index (χ0v) is 6.91. The van der Waals surface area contributed by atoms with E-state index in [0.29, 0.717) is 4.47 Å². The van der Waals surface area contributed by atoms with Gasteiger partial charge in [-0.3, -0.25) is 0 Å². The summed E-state index contributed by atoms with van der Waals surface area (Å²) in [5, 5.41) is 8.48. The number of hydrogen-bond donors (Lipinski definition) is 0. The Morgan fingerprint density at radius 3 is 3.00 bits per heavy atom. The molecule has 0 bridgehead atoms. The Morgan fingerprint density at radius 1 is 1.90 bits per heavy atom. The van der Waals surface area contributed by atoms with Gasteiger partial charge in [-0.1, -0.05) is 11.6 Å². The highest BCUT2D eigenvalue weighted by atomic mass is 35.5. The fraction of sp³-hybridized carbons (Fsp3) is 0.333. The maximum Gasteiger partial charge on any atom is 0.183 e. The van der Waals surface area contributed by atoms with Crippen molar-refractivity contribution in [3.63, 3.8) is 0 Å². The van der Waals surface area contributed by atoms with Crippen LogP contribution in [0.25, 0.3) is 0 Å². The minimum absolute atomic E-state index is 0.0926. The molecule has 0 aliphatic carbocycles. The summed E-state index contributed by atoms with van der Waals surface area (Å²) in [6.45, 7) is 1.82. The van der Waals surface area contributed by atoms with Crippen LogP contribution in [0.15, 0.2) is 6.20 Å². The molecule has 0 aliphatic heterocycles. The first-order chi connectivity index (χ1) is 4.74. The van der Waals surface area contributed by atoms with Crippen LogP contribution in [0, 0.1) is 11.3 Å². The highest BCUT2D eigenvalue weighted by molar-refractivity contribution is 7.15. The van der Waals surface area contributed by atoms with Crippen LogP contribution in [-0.2, 0) is 0 Å². The molecule has 1 heterocycles. The van der Waals surface area contributed by atoms with E-state index in [0.717, 1.165) is 4.88 Å². The SMILES string of the molecule is CC(C#N)c1cnc(Cl)s1. The van der Waals surface area contributed by atoms with Gasteiger partial charge >= 0.3 is 0 Å². The van der Waals surface area contributed by atoms with Crippen molar-refractivity contribution in [1.82, 2.24) is 4.98 Å². The van der Waals surface area contributed by atoms with Crippen molar-refractivity contribution in [2.45, 2.75) is 12.8 Å². The zero-order chi connectivity index (χ0) is 7.56. The summed E-state index contributed by atoms with van der Waals surface area (Å²) in [7, 11) is 0. The van der Waals surface area contributed by atoms with Crippen LogP contribution in [-0.4, -0.2) is 4.98 Å². The van der Waals surface area contributed by atoms with Gasteiger partial charge in [0.1, 0.15) is 0 Å². The fourth-order valence-electron chi connectivity index (χ4n) is 0.528. The highest BCUT2D eigenvalue weighted by Crippen LogP contribution is 2.24. The second-order valence-electron chi connectivity index (χ2n) is 1.87. The van der Waals surface area contributed by atoms with Gasteiger partial charge in [-0.05, 0) is 6.92 Å². The molecular weight excluding hydrogens is 168 g/mol. The molecule has 2 nitrogen and oxygen atoms in total. The minimum Gasteiger partial charge on any atom is -0.233 e. The van der Waals surface area contributed by atoms with Crippen molar-refractivity contribution in [3.8, 4) is 6.07 Å². The Morgan fingerprint density at radius 2 is 2.60 bits per heavy atom. The summed E-state index contributed by atoms with van der Waals surface area (Å²) >= 11 is 6.91. The van der Waals surface area contributed by atoms with Gasteiger partial charge in [-0.25, -0.2) is 4.98 Å². The van der Waals surface area contributed by atoms with Crippen molar-refractivity contribution < 1.29 is 0 Å². The molecule has 0 aromatic carbocycles. The quantitative estimate of drug-likeness (QED) is 0.653. The summed E-state index contributed by atoms with van der Waals surface area (Å²) in [6, 6.07) is 2.11. The first-order valence-corrected chi connectivity index (χ1v) is 3.94. The number of aromatic nitrogens is 1. The molecule has 1 aromatic heterocycles. The molecule has 1 rings (SSSR count). The second kappa shape index (κ2) is 3.00. The monoisotopic (exact) mass is 172 g/mol. The van der Waals surface area contributed by atoms with E-state index in [1.165, 1.54) is 11.3 Å². The lowest BCUT2D eigenvalue weighted by Gasteiger charge is -1.91. The first-order valence-electron chi connectivity index (χ1n) is 2.75. The van der Waals surface area contributed by atoms with Crippen LogP contribution in [0.1, 0.15) is 17.7 Å². The molecule has 0 fully saturated rings. The predicted octanol–water partition coefficient (Wildman–Crippen LogP) is 2.42. The fourth-order valence-corrected chi connectivity index (χ4v) is 1.48. The normalized spacial score (nSPS) is 12.5. The van der Waals surface area contributed by atoms with Gasteiger partial charge in [0, 0.05) is 11.1 Å². The molecular formula is C6H5ClN2S. The molecule has 0 radical (unpaired) electrons. The van der Waals surface area contributed by atoms with Crippen LogP contribution >= 0.6 is 22.9 Å². The number of halogens is 1. The second-order valence-corrected chi connectivity index (χ2v) is 3.51. The van der Waals surface area contributed by atoms with E-state index in [2.05, 4.69) is 11.1 Å². The van der Waals surface area contributed by atoms with Gasteiger partial charge in [-0.2, -0.15) is 5.26 Å². The molecule has 1 aromatic rings. The molecule has 0 spiro atoms. The minimum atomic E-state index is -0.0926. The lowest BCUT2D eigenvalue weighted by Crippen LogP contribution is -1.81. The number of nitriles is 1. The molecule has 0 saturated heterocycles. The summed E-state index contributed by atoms with van der Waals surface area (Å²) < 4.78 is 0.497. The molecule has 52 valence electrons. The topological polar surface area (TPSA) is 36.7 Å². The Kier molecular flexibility index (Phi) is 2.25. The number of thiazole rings is 1. The summed E-state index contributed by atoms with van der Waals surface area (Å²) in [6.07, 6.45) is 1.64. The van der Waals surface area contributed by atoms with Crippen LogP contribution in [0.2, 0.25) is 4.47 Å².